The van der Waals surface area contributed by atoms with E-state index in [-0.39, 0.29) is 35.7 Å². The number of esters is 1. The Morgan fingerprint density at radius 2 is 1.75 bits per heavy atom. The molecule has 0 fully saturated rings. The van der Waals surface area contributed by atoms with Crippen LogP contribution in [0.5, 0.6) is 0 Å². The van der Waals surface area contributed by atoms with Gasteiger partial charge in [0, 0.05) is 19.2 Å². The molecule has 0 unspecified atom stereocenters. The molecule has 0 saturated heterocycles. The first-order valence-electron chi connectivity index (χ1n) is 9.24. The Morgan fingerprint density at radius 3 is 2.38 bits per heavy atom. The number of nitrogens with zero attached hydrogens (tertiary/aromatic N) is 1. The fraction of sp³-hybridized carbons (Fsp3) is 0.800. The summed E-state index contributed by atoms with van der Waals surface area (Å²) in [6, 6.07) is 0. The second-order valence-electron chi connectivity index (χ2n) is 8.41. The van der Waals surface area contributed by atoms with Gasteiger partial charge in [-0.25, -0.2) is 0 Å². The van der Waals surface area contributed by atoms with E-state index in [1.54, 1.807) is 24.2 Å². The first-order valence-corrected chi connectivity index (χ1v) is 9.24. The number of ether oxygens (including phenoxy) is 1. The molecule has 0 aromatic carbocycles. The van der Waals surface area contributed by atoms with Crippen LogP contribution in [0.4, 0.5) is 0 Å². The predicted octanol–water partition coefficient (Wildman–Crippen LogP) is 4.54. The molecule has 0 saturated carbocycles. The smallest absolute Gasteiger partial charge is 0.309 e. The topological polar surface area (TPSA) is 46.6 Å². The van der Waals surface area contributed by atoms with Gasteiger partial charge in [-0.2, -0.15) is 0 Å². The molecule has 24 heavy (non-hydrogen) atoms. The van der Waals surface area contributed by atoms with Crippen molar-refractivity contribution in [1.82, 2.24) is 4.90 Å². The Hall–Kier alpha value is -1.32. The summed E-state index contributed by atoms with van der Waals surface area (Å²) in [5, 5.41) is 0. The van der Waals surface area contributed by atoms with Crippen LogP contribution in [0.25, 0.3) is 0 Å². The molecule has 1 aliphatic heterocycles. The first kappa shape index (κ1) is 20.7. The molecule has 0 spiro atoms. The van der Waals surface area contributed by atoms with Gasteiger partial charge in [-0.3, -0.25) is 9.59 Å². The van der Waals surface area contributed by atoms with Gasteiger partial charge in [-0.1, -0.05) is 60.0 Å². The molecular weight excluding hydrogens is 302 g/mol. The highest BCUT2D eigenvalue weighted by molar-refractivity contribution is 5.79. The first-order chi connectivity index (χ1) is 11.1. The van der Waals surface area contributed by atoms with Crippen LogP contribution in [0, 0.1) is 17.3 Å². The minimum absolute atomic E-state index is 0.0226. The van der Waals surface area contributed by atoms with Gasteiger partial charge in [0.15, 0.2) is 0 Å². The van der Waals surface area contributed by atoms with E-state index in [0.717, 1.165) is 32.1 Å². The van der Waals surface area contributed by atoms with E-state index in [9.17, 15) is 9.59 Å². The molecule has 0 aromatic heterocycles. The van der Waals surface area contributed by atoms with Crippen LogP contribution < -0.4 is 0 Å². The van der Waals surface area contributed by atoms with E-state index in [4.69, 9.17) is 4.74 Å². The molecule has 1 amide bonds. The molecule has 0 aliphatic carbocycles. The van der Waals surface area contributed by atoms with Gasteiger partial charge < -0.3 is 9.64 Å². The fourth-order valence-electron chi connectivity index (χ4n) is 3.06. The Morgan fingerprint density at radius 1 is 1.12 bits per heavy atom. The molecule has 3 atom stereocenters. The van der Waals surface area contributed by atoms with E-state index >= 15 is 0 Å². The standard InChI is InChI=1S/C20H35NO3/c1-15-10-7-8-11-16(2)19(23)21(6)13-9-12-18(22)24-17(14-15)20(3,4)5/h9,13,15-17H,7-8,10-12,14H2,1-6H3/b13-9-/t15-,16-,17-/m1/s1. The van der Waals surface area contributed by atoms with Gasteiger partial charge in [0.05, 0.1) is 6.42 Å². The molecule has 1 rings (SSSR count). The lowest BCUT2D eigenvalue weighted by Gasteiger charge is -2.32. The highest BCUT2D eigenvalue weighted by atomic mass is 16.5. The highest BCUT2D eigenvalue weighted by Gasteiger charge is 2.29. The van der Waals surface area contributed by atoms with Crippen molar-refractivity contribution in [1.29, 1.82) is 0 Å². The van der Waals surface area contributed by atoms with Crippen LogP contribution >= 0.6 is 0 Å². The molecule has 1 heterocycles. The van der Waals surface area contributed by atoms with Crippen molar-refractivity contribution >= 4 is 11.9 Å². The summed E-state index contributed by atoms with van der Waals surface area (Å²) in [6.07, 6.45) is 8.64. The zero-order chi connectivity index (χ0) is 18.3. The van der Waals surface area contributed by atoms with Crippen molar-refractivity contribution in [2.45, 2.75) is 79.2 Å². The van der Waals surface area contributed by atoms with Crippen molar-refractivity contribution in [3.63, 3.8) is 0 Å². The van der Waals surface area contributed by atoms with Crippen LogP contribution in [0.15, 0.2) is 12.3 Å². The van der Waals surface area contributed by atoms with Crippen LogP contribution in [-0.2, 0) is 14.3 Å². The Kier molecular flexibility index (Phi) is 7.98. The van der Waals surface area contributed by atoms with E-state index < -0.39 is 0 Å². The van der Waals surface area contributed by atoms with E-state index in [1.165, 1.54) is 0 Å². The summed E-state index contributed by atoms with van der Waals surface area (Å²) in [5.41, 5.74) is -0.0666. The molecule has 0 bridgehead atoms. The molecule has 4 nitrogen and oxygen atoms in total. The van der Waals surface area contributed by atoms with E-state index in [2.05, 4.69) is 27.7 Å². The number of cyclic esters (lactones) is 1. The number of amides is 1. The highest BCUT2D eigenvalue weighted by Crippen LogP contribution is 2.30. The van der Waals surface area contributed by atoms with Crippen LogP contribution in [-0.4, -0.2) is 29.9 Å². The molecule has 0 aromatic rings. The third-order valence-corrected chi connectivity index (χ3v) is 4.82. The van der Waals surface area contributed by atoms with Crippen molar-refractivity contribution < 1.29 is 14.3 Å². The summed E-state index contributed by atoms with van der Waals surface area (Å²) in [7, 11) is 1.75. The van der Waals surface area contributed by atoms with Gasteiger partial charge in [0.25, 0.3) is 0 Å². The number of carbonyl (C=O) groups excluding carboxylic acids is 2. The molecule has 138 valence electrons. The lowest BCUT2D eigenvalue weighted by molar-refractivity contribution is -0.155. The van der Waals surface area contributed by atoms with Gasteiger partial charge in [-0.05, 0) is 24.2 Å². The zero-order valence-electron chi connectivity index (χ0n) is 16.3. The molecular formula is C20H35NO3. The average molecular weight is 338 g/mol. The van der Waals surface area contributed by atoms with Crippen LogP contribution in [0.1, 0.15) is 73.1 Å². The third-order valence-electron chi connectivity index (χ3n) is 4.82. The van der Waals surface area contributed by atoms with Crippen molar-refractivity contribution in [2.24, 2.45) is 17.3 Å². The second-order valence-corrected chi connectivity index (χ2v) is 8.41. The molecule has 0 radical (unpaired) electrons. The fourth-order valence-corrected chi connectivity index (χ4v) is 3.06. The summed E-state index contributed by atoms with van der Waals surface area (Å²) in [6.45, 7) is 10.6. The van der Waals surface area contributed by atoms with Crippen LogP contribution in [0.3, 0.4) is 0 Å². The van der Waals surface area contributed by atoms with Crippen molar-refractivity contribution in [2.75, 3.05) is 7.05 Å². The summed E-state index contributed by atoms with van der Waals surface area (Å²) >= 11 is 0. The normalized spacial score (nSPS) is 30.2. The van der Waals surface area contributed by atoms with Gasteiger partial charge in [0.1, 0.15) is 6.10 Å². The molecule has 4 heteroatoms. The second kappa shape index (κ2) is 9.24. The summed E-state index contributed by atoms with van der Waals surface area (Å²) in [4.78, 5) is 26.0. The van der Waals surface area contributed by atoms with E-state index in [0.29, 0.717) is 5.92 Å². The number of hydrogen-bond donors (Lipinski definition) is 0. The third kappa shape index (κ3) is 7.06. The number of rotatable bonds is 0. The van der Waals surface area contributed by atoms with E-state index in [1.807, 2.05) is 6.92 Å². The Balaban J connectivity index is 2.85. The average Bonchev–Trinajstić information content (AvgIpc) is 2.48. The maximum Gasteiger partial charge on any atom is 0.309 e. The Labute approximate surface area is 147 Å². The summed E-state index contributed by atoms with van der Waals surface area (Å²) in [5.74, 6) is 0.419. The van der Waals surface area contributed by atoms with Crippen LogP contribution in [0.2, 0.25) is 0 Å². The minimum Gasteiger partial charge on any atom is -0.462 e. The number of carbonyl (C=O) groups is 2. The monoisotopic (exact) mass is 337 g/mol. The maximum absolute atomic E-state index is 12.3. The van der Waals surface area contributed by atoms with Crippen molar-refractivity contribution in [3.05, 3.63) is 12.3 Å². The van der Waals surface area contributed by atoms with Crippen molar-refractivity contribution in [3.8, 4) is 0 Å². The summed E-state index contributed by atoms with van der Waals surface area (Å²) < 4.78 is 5.75. The minimum atomic E-state index is -0.220. The van der Waals surface area contributed by atoms with Gasteiger partial charge in [-0.15, -0.1) is 0 Å². The van der Waals surface area contributed by atoms with Gasteiger partial charge >= 0.3 is 5.97 Å². The quantitative estimate of drug-likeness (QED) is 0.610. The SMILES string of the molecule is C[C@@H]1CCCC[C@@H](C)C(=O)N(C)/C=C\CC(=O)O[C@@H](C(C)(C)C)C1. The van der Waals surface area contributed by atoms with Gasteiger partial charge in [0.2, 0.25) is 5.91 Å². The maximum atomic E-state index is 12.3. The lowest BCUT2D eigenvalue weighted by atomic mass is 9.82. The number of hydrogen-bond acceptors (Lipinski definition) is 3. The molecule has 0 N–H and O–H groups in total. The Bertz CT molecular complexity index is 450. The predicted molar refractivity (Wildman–Crippen MR) is 97.3 cm³/mol. The zero-order valence-corrected chi connectivity index (χ0v) is 16.3. The lowest BCUT2D eigenvalue weighted by Crippen LogP contribution is -2.33. The largest absolute Gasteiger partial charge is 0.462 e. The molecule has 1 aliphatic rings.